The van der Waals surface area contributed by atoms with Crippen LogP contribution in [0.4, 0.5) is 5.69 Å². The van der Waals surface area contributed by atoms with Gasteiger partial charge in [0.1, 0.15) is 11.8 Å². The molecule has 0 aliphatic heterocycles. The van der Waals surface area contributed by atoms with Gasteiger partial charge in [-0.25, -0.2) is 4.79 Å². The number of nitriles is 1. The summed E-state index contributed by atoms with van der Waals surface area (Å²) in [5.41, 5.74) is 1.87. The normalized spacial score (nSPS) is 10.6. The van der Waals surface area contributed by atoms with Crippen molar-refractivity contribution < 1.29 is 14.3 Å². The second-order valence-corrected chi connectivity index (χ2v) is 4.91. The molecular weight excluding hydrogens is 304 g/mol. The fourth-order valence-corrected chi connectivity index (χ4v) is 1.98. The van der Waals surface area contributed by atoms with E-state index in [9.17, 15) is 4.79 Å². The molecular formula is C19H18N2O3. The highest BCUT2D eigenvalue weighted by Gasteiger charge is 2.07. The number of methoxy groups -OCH3 is 1. The number of hydrogen-bond acceptors (Lipinski definition) is 5. The van der Waals surface area contributed by atoms with Gasteiger partial charge in [0.25, 0.3) is 0 Å². The van der Waals surface area contributed by atoms with Gasteiger partial charge in [0.15, 0.2) is 5.57 Å². The van der Waals surface area contributed by atoms with Crippen LogP contribution >= 0.6 is 0 Å². The number of nitrogens with one attached hydrogen (secondary N) is 1. The Morgan fingerprint density at radius 1 is 1.17 bits per heavy atom. The van der Waals surface area contributed by atoms with E-state index in [0.29, 0.717) is 6.61 Å². The third-order valence-corrected chi connectivity index (χ3v) is 3.27. The van der Waals surface area contributed by atoms with Crippen LogP contribution in [-0.2, 0) is 16.0 Å². The van der Waals surface area contributed by atoms with Crippen molar-refractivity contribution in [2.75, 3.05) is 19.0 Å². The number of benzene rings is 2. The van der Waals surface area contributed by atoms with E-state index in [-0.39, 0.29) is 5.57 Å². The molecule has 5 heteroatoms. The standard InChI is InChI=1S/C19H18N2O3/c1-23-19(22)16(13-20)14-21-17-7-9-18(10-8-17)24-12-11-15-5-3-2-4-6-15/h2-10,14,21H,11-12H2,1H3/b16-14-. The Morgan fingerprint density at radius 3 is 2.50 bits per heavy atom. The summed E-state index contributed by atoms with van der Waals surface area (Å²) >= 11 is 0. The van der Waals surface area contributed by atoms with Gasteiger partial charge in [-0.15, -0.1) is 0 Å². The van der Waals surface area contributed by atoms with E-state index < -0.39 is 5.97 Å². The quantitative estimate of drug-likeness (QED) is 0.481. The third-order valence-electron chi connectivity index (χ3n) is 3.27. The van der Waals surface area contributed by atoms with Gasteiger partial charge in [-0.3, -0.25) is 0 Å². The van der Waals surface area contributed by atoms with Crippen LogP contribution < -0.4 is 10.1 Å². The first-order chi connectivity index (χ1) is 11.7. The predicted octanol–water partition coefficient (Wildman–Crippen LogP) is 3.30. The highest BCUT2D eigenvalue weighted by molar-refractivity contribution is 5.93. The molecule has 0 bridgehead atoms. The summed E-state index contributed by atoms with van der Waals surface area (Å²) in [6.07, 6.45) is 2.16. The van der Waals surface area contributed by atoms with E-state index in [2.05, 4.69) is 22.2 Å². The molecule has 0 heterocycles. The van der Waals surface area contributed by atoms with E-state index in [1.165, 1.54) is 18.9 Å². The molecule has 0 radical (unpaired) electrons. The van der Waals surface area contributed by atoms with Crippen molar-refractivity contribution in [3.8, 4) is 11.8 Å². The number of hydrogen-bond donors (Lipinski definition) is 1. The van der Waals surface area contributed by atoms with Crippen LogP contribution in [-0.4, -0.2) is 19.7 Å². The predicted molar refractivity (Wildman–Crippen MR) is 91.4 cm³/mol. The Hall–Kier alpha value is -3.26. The van der Waals surface area contributed by atoms with E-state index >= 15 is 0 Å². The van der Waals surface area contributed by atoms with Crippen molar-refractivity contribution >= 4 is 11.7 Å². The first-order valence-electron chi connectivity index (χ1n) is 7.45. The zero-order valence-corrected chi connectivity index (χ0v) is 13.4. The fourth-order valence-electron chi connectivity index (χ4n) is 1.98. The molecule has 0 aliphatic carbocycles. The second kappa shape index (κ2) is 9.01. The van der Waals surface area contributed by atoms with Gasteiger partial charge in [-0.2, -0.15) is 5.26 Å². The molecule has 5 nitrogen and oxygen atoms in total. The molecule has 0 saturated carbocycles. The fraction of sp³-hybridized carbons (Fsp3) is 0.158. The summed E-state index contributed by atoms with van der Waals surface area (Å²) in [5.74, 6) is 0.0831. The lowest BCUT2D eigenvalue weighted by atomic mass is 10.2. The van der Waals surface area contributed by atoms with Crippen molar-refractivity contribution in [1.82, 2.24) is 0 Å². The maximum Gasteiger partial charge on any atom is 0.350 e. The molecule has 0 amide bonds. The lowest BCUT2D eigenvalue weighted by Gasteiger charge is -2.07. The summed E-state index contributed by atoms with van der Waals surface area (Å²) in [6, 6.07) is 19.2. The highest BCUT2D eigenvalue weighted by Crippen LogP contribution is 2.16. The summed E-state index contributed by atoms with van der Waals surface area (Å²) in [4.78, 5) is 11.3. The Labute approximate surface area is 141 Å². The van der Waals surface area contributed by atoms with Gasteiger partial charge in [-0.05, 0) is 29.8 Å². The molecule has 0 unspecified atom stereocenters. The number of ether oxygens (including phenoxy) is 2. The Balaban J connectivity index is 1.85. The Kier molecular flexibility index (Phi) is 6.42. The van der Waals surface area contributed by atoms with E-state index in [1.54, 1.807) is 18.2 Å². The maximum absolute atomic E-state index is 11.3. The van der Waals surface area contributed by atoms with Crippen LogP contribution in [0.1, 0.15) is 5.56 Å². The number of esters is 1. The van der Waals surface area contributed by atoms with Gasteiger partial charge >= 0.3 is 5.97 Å². The minimum absolute atomic E-state index is 0.0966. The van der Waals surface area contributed by atoms with Crippen molar-refractivity contribution in [2.45, 2.75) is 6.42 Å². The monoisotopic (exact) mass is 322 g/mol. The zero-order chi connectivity index (χ0) is 17.2. The number of nitrogens with zero attached hydrogens (tertiary/aromatic N) is 1. The van der Waals surface area contributed by atoms with Gasteiger partial charge in [0, 0.05) is 18.3 Å². The van der Waals surface area contributed by atoms with Crippen LogP contribution in [0.15, 0.2) is 66.4 Å². The van der Waals surface area contributed by atoms with Crippen molar-refractivity contribution in [2.24, 2.45) is 0 Å². The van der Waals surface area contributed by atoms with E-state index in [1.807, 2.05) is 30.3 Å². The summed E-state index contributed by atoms with van der Waals surface area (Å²) in [7, 11) is 1.23. The molecule has 24 heavy (non-hydrogen) atoms. The molecule has 0 aromatic heterocycles. The zero-order valence-electron chi connectivity index (χ0n) is 13.4. The van der Waals surface area contributed by atoms with Gasteiger partial charge in [0.2, 0.25) is 0 Å². The van der Waals surface area contributed by atoms with Crippen molar-refractivity contribution in [3.63, 3.8) is 0 Å². The van der Waals surface area contributed by atoms with E-state index in [4.69, 9.17) is 10.00 Å². The van der Waals surface area contributed by atoms with Crippen LogP contribution in [0.2, 0.25) is 0 Å². The summed E-state index contributed by atoms with van der Waals surface area (Å²) in [5, 5.41) is 11.7. The molecule has 0 atom stereocenters. The van der Waals surface area contributed by atoms with Crippen LogP contribution in [0.25, 0.3) is 0 Å². The van der Waals surface area contributed by atoms with Crippen molar-refractivity contribution in [1.29, 1.82) is 5.26 Å². The molecule has 2 aromatic carbocycles. The van der Waals surface area contributed by atoms with E-state index in [0.717, 1.165) is 17.9 Å². The molecule has 1 N–H and O–H groups in total. The maximum atomic E-state index is 11.3. The van der Waals surface area contributed by atoms with Gasteiger partial charge < -0.3 is 14.8 Å². The van der Waals surface area contributed by atoms with Gasteiger partial charge in [-0.1, -0.05) is 30.3 Å². The molecule has 2 rings (SSSR count). The van der Waals surface area contributed by atoms with Crippen LogP contribution in [0.3, 0.4) is 0 Å². The minimum atomic E-state index is -0.675. The average molecular weight is 322 g/mol. The lowest BCUT2D eigenvalue weighted by molar-refractivity contribution is -0.135. The van der Waals surface area contributed by atoms with Crippen LogP contribution in [0, 0.1) is 11.3 Å². The molecule has 0 saturated heterocycles. The second-order valence-electron chi connectivity index (χ2n) is 4.91. The lowest BCUT2D eigenvalue weighted by Crippen LogP contribution is -2.05. The summed E-state index contributed by atoms with van der Waals surface area (Å²) in [6.45, 7) is 0.595. The SMILES string of the molecule is COC(=O)/C(C#N)=C\Nc1ccc(OCCc2ccccc2)cc1. The molecule has 0 aliphatic rings. The topological polar surface area (TPSA) is 71.4 Å². The number of carbonyl (C=O) groups excluding carboxylic acids is 1. The molecule has 122 valence electrons. The first kappa shape index (κ1) is 17.1. The Bertz CT molecular complexity index is 731. The molecule has 0 fully saturated rings. The molecule has 0 spiro atoms. The van der Waals surface area contributed by atoms with Crippen molar-refractivity contribution in [3.05, 3.63) is 71.9 Å². The largest absolute Gasteiger partial charge is 0.493 e. The highest BCUT2D eigenvalue weighted by atomic mass is 16.5. The number of carbonyl (C=O) groups is 1. The molecule has 2 aromatic rings. The first-order valence-corrected chi connectivity index (χ1v) is 7.45. The smallest absolute Gasteiger partial charge is 0.350 e. The number of rotatable bonds is 7. The van der Waals surface area contributed by atoms with Crippen LogP contribution in [0.5, 0.6) is 5.75 Å². The Morgan fingerprint density at radius 2 is 1.88 bits per heavy atom. The summed E-state index contributed by atoms with van der Waals surface area (Å²) < 4.78 is 10.2. The third kappa shape index (κ3) is 5.18. The van der Waals surface area contributed by atoms with Gasteiger partial charge in [0.05, 0.1) is 13.7 Å². The average Bonchev–Trinajstić information content (AvgIpc) is 2.64. The minimum Gasteiger partial charge on any atom is -0.493 e. The number of anilines is 1.